The quantitative estimate of drug-likeness (QED) is 0.593. The molecule has 0 aromatic heterocycles. The van der Waals surface area contributed by atoms with Crippen molar-refractivity contribution in [3.8, 4) is 0 Å². The van der Waals surface area contributed by atoms with Gasteiger partial charge in [-0.25, -0.2) is 9.80 Å². The van der Waals surface area contributed by atoms with Gasteiger partial charge >= 0.3 is 12.2 Å². The Labute approximate surface area is 138 Å². The molecule has 0 unspecified atom stereocenters. The molecule has 5 nitrogen and oxygen atoms in total. The molecule has 0 saturated heterocycles. The third-order valence-corrected chi connectivity index (χ3v) is 3.47. The summed E-state index contributed by atoms with van der Waals surface area (Å²) < 4.78 is 37.7. The summed E-state index contributed by atoms with van der Waals surface area (Å²) in [7, 11) is 0. The van der Waals surface area contributed by atoms with E-state index in [1.165, 1.54) is 5.01 Å². The van der Waals surface area contributed by atoms with Crippen LogP contribution in [0.25, 0.3) is 0 Å². The molecule has 2 amide bonds. The van der Waals surface area contributed by atoms with Crippen LogP contribution >= 0.6 is 0 Å². The summed E-state index contributed by atoms with van der Waals surface area (Å²) in [6.07, 6.45) is 6.12. The van der Waals surface area contributed by atoms with Gasteiger partial charge in [0, 0.05) is 29.4 Å². The summed E-state index contributed by atoms with van der Waals surface area (Å²) in [5.41, 5.74) is 6.85. The molecule has 1 saturated carbocycles. The lowest BCUT2D eigenvalue weighted by Gasteiger charge is -2.24. The molecule has 2 rings (SSSR count). The highest BCUT2D eigenvalue weighted by Crippen LogP contribution is 2.40. The number of hydrazone groups is 1. The van der Waals surface area contributed by atoms with Crippen molar-refractivity contribution in [3.63, 3.8) is 0 Å². The van der Waals surface area contributed by atoms with Crippen LogP contribution in [0.2, 0.25) is 0 Å². The second kappa shape index (κ2) is 7.37. The van der Waals surface area contributed by atoms with Crippen molar-refractivity contribution in [2.45, 2.75) is 32.4 Å². The predicted molar refractivity (Wildman–Crippen MR) is 85.5 cm³/mol. The Morgan fingerprint density at radius 1 is 1.42 bits per heavy atom. The fourth-order valence-corrected chi connectivity index (χ4v) is 2.34. The van der Waals surface area contributed by atoms with Gasteiger partial charge in [0.05, 0.1) is 0 Å². The van der Waals surface area contributed by atoms with E-state index in [-0.39, 0.29) is 12.1 Å². The molecule has 8 heteroatoms. The molecule has 1 fully saturated rings. The summed E-state index contributed by atoms with van der Waals surface area (Å²) in [6, 6.07) is -0.707. The van der Waals surface area contributed by atoms with Gasteiger partial charge in [-0.2, -0.15) is 18.3 Å². The maximum atomic E-state index is 12.6. The van der Waals surface area contributed by atoms with Crippen LogP contribution in [-0.2, 0) is 0 Å². The van der Waals surface area contributed by atoms with E-state index >= 15 is 0 Å². The standard InChI is InChI=1S/C16H19F3N4O/c1-2-14(11-6-7-11)23(21-10-16(17,18)19)13-5-3-4-12(8-9-13)22-15(20)24/h2-4,8-11H,5-7H2,1H3,(H3,20,22,24)/b14-2-,21-10+. The Morgan fingerprint density at radius 2 is 2.12 bits per heavy atom. The molecular formula is C16H19F3N4O. The zero-order chi connectivity index (χ0) is 17.7. The monoisotopic (exact) mass is 340 g/mol. The normalized spacial score (nSPS) is 18.9. The van der Waals surface area contributed by atoms with Crippen molar-refractivity contribution >= 4 is 12.2 Å². The summed E-state index contributed by atoms with van der Waals surface area (Å²) in [4.78, 5) is 10.9. The smallest absolute Gasteiger partial charge is 0.351 e. The van der Waals surface area contributed by atoms with E-state index in [2.05, 4.69) is 10.4 Å². The Morgan fingerprint density at radius 3 is 2.67 bits per heavy atom. The number of allylic oxidation sites excluding steroid dienone is 6. The Balaban J connectivity index is 2.31. The number of hydrogen-bond donors (Lipinski definition) is 2. The molecule has 0 atom stereocenters. The minimum atomic E-state index is -4.49. The van der Waals surface area contributed by atoms with Gasteiger partial charge in [0.2, 0.25) is 0 Å². The fourth-order valence-electron chi connectivity index (χ4n) is 2.34. The molecule has 130 valence electrons. The molecule has 24 heavy (non-hydrogen) atoms. The highest BCUT2D eigenvalue weighted by atomic mass is 19.4. The van der Waals surface area contributed by atoms with E-state index < -0.39 is 12.2 Å². The molecule has 2 aliphatic rings. The first-order chi connectivity index (χ1) is 11.3. The van der Waals surface area contributed by atoms with E-state index in [0.717, 1.165) is 18.5 Å². The van der Waals surface area contributed by atoms with Crippen molar-refractivity contribution in [1.82, 2.24) is 10.3 Å². The average Bonchev–Trinajstić information content (AvgIpc) is 3.29. The van der Waals surface area contributed by atoms with Gasteiger partial charge in [0.1, 0.15) is 6.21 Å². The average molecular weight is 340 g/mol. The van der Waals surface area contributed by atoms with Crippen molar-refractivity contribution in [3.05, 3.63) is 47.5 Å². The summed E-state index contributed by atoms with van der Waals surface area (Å²) >= 11 is 0. The predicted octanol–water partition coefficient (Wildman–Crippen LogP) is 3.55. The number of carbonyl (C=O) groups excluding carboxylic acids is 1. The molecule has 0 radical (unpaired) electrons. The number of rotatable bonds is 5. The van der Waals surface area contributed by atoms with Gasteiger partial charge in [0.25, 0.3) is 0 Å². The minimum Gasteiger partial charge on any atom is -0.351 e. The molecule has 2 aliphatic carbocycles. The molecule has 3 N–H and O–H groups in total. The molecule has 0 spiro atoms. The maximum absolute atomic E-state index is 12.6. The summed E-state index contributed by atoms with van der Waals surface area (Å²) in [5, 5.41) is 7.42. The molecule has 0 aromatic rings. The Kier molecular flexibility index (Phi) is 5.48. The second-order valence-corrected chi connectivity index (χ2v) is 5.46. The minimum absolute atomic E-state index is 0.0133. The van der Waals surface area contributed by atoms with Gasteiger partial charge in [-0.15, -0.1) is 0 Å². The van der Waals surface area contributed by atoms with Crippen LogP contribution in [0.5, 0.6) is 0 Å². The first kappa shape index (κ1) is 17.8. The van der Waals surface area contributed by atoms with E-state index in [1.807, 2.05) is 0 Å². The number of nitrogens with one attached hydrogen (secondary N) is 1. The van der Waals surface area contributed by atoms with Crippen LogP contribution in [-0.4, -0.2) is 23.4 Å². The molecular weight excluding hydrogens is 321 g/mol. The van der Waals surface area contributed by atoms with Crippen LogP contribution < -0.4 is 11.1 Å². The van der Waals surface area contributed by atoms with Gasteiger partial charge in [0.15, 0.2) is 0 Å². The molecule has 0 aliphatic heterocycles. The highest BCUT2D eigenvalue weighted by molar-refractivity contribution is 5.74. The number of carbonyl (C=O) groups is 1. The van der Waals surface area contributed by atoms with Gasteiger partial charge < -0.3 is 11.1 Å². The number of urea groups is 1. The van der Waals surface area contributed by atoms with Crippen molar-refractivity contribution in [1.29, 1.82) is 0 Å². The first-order valence-corrected chi connectivity index (χ1v) is 7.52. The number of amides is 2. The molecule has 0 aromatic carbocycles. The van der Waals surface area contributed by atoms with Crippen LogP contribution in [0.4, 0.5) is 18.0 Å². The maximum Gasteiger partial charge on any atom is 0.428 e. The molecule has 0 bridgehead atoms. The van der Waals surface area contributed by atoms with Gasteiger partial charge in [-0.05, 0) is 38.0 Å². The third-order valence-electron chi connectivity index (χ3n) is 3.47. The van der Waals surface area contributed by atoms with Crippen molar-refractivity contribution < 1.29 is 18.0 Å². The number of primary amides is 1. The van der Waals surface area contributed by atoms with Gasteiger partial charge in [-0.1, -0.05) is 12.2 Å². The van der Waals surface area contributed by atoms with Crippen LogP contribution in [0, 0.1) is 5.92 Å². The lowest BCUT2D eigenvalue weighted by atomic mass is 10.2. The topological polar surface area (TPSA) is 70.7 Å². The highest BCUT2D eigenvalue weighted by Gasteiger charge is 2.32. The van der Waals surface area contributed by atoms with E-state index in [9.17, 15) is 18.0 Å². The lowest BCUT2D eigenvalue weighted by Crippen LogP contribution is -2.27. The van der Waals surface area contributed by atoms with E-state index in [4.69, 9.17) is 5.73 Å². The van der Waals surface area contributed by atoms with Crippen LogP contribution in [0.15, 0.2) is 52.6 Å². The number of halogens is 3. The van der Waals surface area contributed by atoms with E-state index in [1.54, 1.807) is 37.3 Å². The zero-order valence-corrected chi connectivity index (χ0v) is 13.2. The third kappa shape index (κ3) is 5.29. The largest absolute Gasteiger partial charge is 0.428 e. The number of nitrogens with two attached hydrogens (primary N) is 1. The summed E-state index contributed by atoms with van der Waals surface area (Å²) in [5.74, 6) is 0.223. The molecule has 0 heterocycles. The Hall–Kier alpha value is -2.51. The first-order valence-electron chi connectivity index (χ1n) is 7.52. The zero-order valence-electron chi connectivity index (χ0n) is 13.2. The van der Waals surface area contributed by atoms with Crippen molar-refractivity contribution in [2.75, 3.05) is 0 Å². The SMILES string of the molecule is C/C=C(/C1CC1)N(/N=C/C(F)(F)F)C1=CC=C(NC(N)=O)C=CC1. The number of hydrogen-bond acceptors (Lipinski definition) is 3. The van der Waals surface area contributed by atoms with Crippen LogP contribution in [0.3, 0.4) is 0 Å². The number of nitrogens with zero attached hydrogens (tertiary/aromatic N) is 2. The van der Waals surface area contributed by atoms with Crippen molar-refractivity contribution in [2.24, 2.45) is 16.8 Å². The van der Waals surface area contributed by atoms with Crippen LogP contribution in [0.1, 0.15) is 26.2 Å². The fraction of sp³-hybridized carbons (Fsp3) is 0.375. The second-order valence-electron chi connectivity index (χ2n) is 5.46. The number of alkyl halides is 3. The Bertz CT molecular complexity index is 640. The van der Waals surface area contributed by atoms with Gasteiger partial charge in [-0.3, -0.25) is 0 Å². The van der Waals surface area contributed by atoms with E-state index in [0.29, 0.717) is 17.8 Å². The summed E-state index contributed by atoms with van der Waals surface area (Å²) in [6.45, 7) is 1.78. The lowest BCUT2D eigenvalue weighted by molar-refractivity contribution is -0.0545.